The Hall–Kier alpha value is -4.10. The molecule has 0 radical (unpaired) electrons. The van der Waals surface area contributed by atoms with Crippen molar-refractivity contribution in [3.8, 4) is 11.5 Å². The second kappa shape index (κ2) is 10.2. The van der Waals surface area contributed by atoms with Gasteiger partial charge in [-0.2, -0.15) is 5.10 Å². The highest BCUT2D eigenvalue weighted by atomic mass is 35.5. The normalized spacial score (nSPS) is 11.1. The monoisotopic (exact) mass is 475 g/mol. The van der Waals surface area contributed by atoms with Crippen LogP contribution in [0.5, 0.6) is 11.5 Å². The molecule has 0 unspecified atom stereocenters. The minimum atomic E-state index is -0.624. The summed E-state index contributed by atoms with van der Waals surface area (Å²) < 4.78 is 12.4. The van der Waals surface area contributed by atoms with Crippen LogP contribution >= 0.6 is 11.6 Å². The summed E-state index contributed by atoms with van der Waals surface area (Å²) in [5.74, 6) is 1.07. The van der Waals surface area contributed by atoms with Crippen LogP contribution in [0.1, 0.15) is 16.7 Å². The third-order valence-corrected chi connectivity index (χ3v) is 5.39. The zero-order valence-electron chi connectivity index (χ0n) is 18.5. The largest absolute Gasteiger partial charge is 0.493 e. The summed E-state index contributed by atoms with van der Waals surface area (Å²) in [6.45, 7) is 4.15. The second-order valence-electron chi connectivity index (χ2n) is 7.46. The molecule has 172 valence electrons. The van der Waals surface area contributed by atoms with E-state index in [2.05, 4.69) is 16.7 Å². The molecule has 0 aliphatic rings. The van der Waals surface area contributed by atoms with Crippen LogP contribution in [0.25, 0.3) is 10.9 Å². The number of aromatic nitrogens is 2. The number of rotatable bonds is 8. The lowest BCUT2D eigenvalue weighted by molar-refractivity contribution is 0.282. The van der Waals surface area contributed by atoms with E-state index in [0.29, 0.717) is 46.0 Å². The van der Waals surface area contributed by atoms with Crippen molar-refractivity contribution in [3.05, 3.63) is 116 Å². The molecule has 34 heavy (non-hydrogen) atoms. The van der Waals surface area contributed by atoms with Gasteiger partial charge in [-0.05, 0) is 53.9 Å². The zero-order valence-corrected chi connectivity index (χ0v) is 19.2. The topological polar surface area (TPSA) is 85.7 Å². The van der Waals surface area contributed by atoms with Gasteiger partial charge in [0, 0.05) is 10.6 Å². The van der Waals surface area contributed by atoms with Crippen molar-refractivity contribution in [2.24, 2.45) is 5.10 Å². The maximum Gasteiger partial charge on any atom is 0.349 e. The number of nitrogens with one attached hydrogen (secondary N) is 1. The average Bonchev–Trinajstić information content (AvgIpc) is 2.84. The summed E-state index contributed by atoms with van der Waals surface area (Å²) in [4.78, 5) is 27.8. The summed E-state index contributed by atoms with van der Waals surface area (Å²) in [6, 6.07) is 17.7. The molecule has 0 spiro atoms. The molecule has 0 bridgehead atoms. The number of hydrogen-bond donors (Lipinski definition) is 1. The van der Waals surface area contributed by atoms with Crippen molar-refractivity contribution in [2.75, 3.05) is 7.11 Å². The standard InChI is InChI=1S/C26H22ClN3O4/c1-3-6-19-13-18(14-23(33-2)24(19)34-16-17-9-11-20(27)12-10-17)15-28-30-25(31)21-7-4-5-8-22(21)29-26(30)32/h3-5,7-15H,1,6,16H2,2H3,(H,29,32). The van der Waals surface area contributed by atoms with Crippen LogP contribution in [0, 0.1) is 0 Å². The fourth-order valence-electron chi connectivity index (χ4n) is 3.50. The molecule has 0 saturated carbocycles. The number of allylic oxidation sites excluding steroid dienone is 1. The number of ether oxygens (including phenoxy) is 2. The number of H-pyrrole nitrogens is 1. The minimum absolute atomic E-state index is 0.326. The van der Waals surface area contributed by atoms with Gasteiger partial charge in [0.1, 0.15) is 6.61 Å². The highest BCUT2D eigenvalue weighted by molar-refractivity contribution is 6.30. The summed E-state index contributed by atoms with van der Waals surface area (Å²) in [6.07, 6.45) is 3.71. The number of para-hydroxylation sites is 1. The summed E-state index contributed by atoms with van der Waals surface area (Å²) >= 11 is 5.96. The number of nitrogens with zero attached hydrogens (tertiary/aromatic N) is 2. The van der Waals surface area contributed by atoms with Crippen molar-refractivity contribution in [3.63, 3.8) is 0 Å². The molecule has 1 aromatic heterocycles. The maximum atomic E-state index is 12.7. The Morgan fingerprint density at radius 1 is 1.12 bits per heavy atom. The van der Waals surface area contributed by atoms with Gasteiger partial charge in [-0.25, -0.2) is 4.79 Å². The Kier molecular flexibility index (Phi) is 6.94. The highest BCUT2D eigenvalue weighted by Crippen LogP contribution is 2.34. The molecular formula is C26H22ClN3O4. The molecule has 0 atom stereocenters. The van der Waals surface area contributed by atoms with Crippen LogP contribution in [0.4, 0.5) is 0 Å². The molecular weight excluding hydrogens is 454 g/mol. The van der Waals surface area contributed by atoms with Gasteiger partial charge in [0.2, 0.25) is 0 Å². The van der Waals surface area contributed by atoms with Gasteiger partial charge >= 0.3 is 5.69 Å². The molecule has 8 heteroatoms. The average molecular weight is 476 g/mol. The van der Waals surface area contributed by atoms with E-state index in [9.17, 15) is 9.59 Å². The molecule has 0 fully saturated rings. The Bertz CT molecular complexity index is 1490. The van der Waals surface area contributed by atoms with Crippen LogP contribution in [-0.2, 0) is 13.0 Å². The Labute approximate surface area is 200 Å². The number of benzene rings is 3. The van der Waals surface area contributed by atoms with Crippen LogP contribution in [-0.4, -0.2) is 23.0 Å². The van der Waals surface area contributed by atoms with E-state index >= 15 is 0 Å². The van der Waals surface area contributed by atoms with Crippen molar-refractivity contribution in [1.29, 1.82) is 0 Å². The van der Waals surface area contributed by atoms with Crippen molar-refractivity contribution < 1.29 is 9.47 Å². The van der Waals surface area contributed by atoms with Crippen molar-refractivity contribution >= 4 is 28.7 Å². The molecule has 0 amide bonds. The molecule has 4 aromatic rings. The highest BCUT2D eigenvalue weighted by Gasteiger charge is 2.13. The van der Waals surface area contributed by atoms with Gasteiger partial charge in [-0.15, -0.1) is 11.3 Å². The molecule has 4 rings (SSSR count). The third kappa shape index (κ3) is 4.94. The van der Waals surface area contributed by atoms with Gasteiger partial charge in [-0.1, -0.05) is 41.9 Å². The Balaban J connectivity index is 1.68. The van der Waals surface area contributed by atoms with Gasteiger partial charge in [0.05, 0.1) is 24.2 Å². The molecule has 0 aliphatic heterocycles. The lowest BCUT2D eigenvalue weighted by atomic mass is 10.1. The zero-order chi connectivity index (χ0) is 24.1. The van der Waals surface area contributed by atoms with Gasteiger partial charge < -0.3 is 14.5 Å². The first-order chi connectivity index (χ1) is 16.5. The van der Waals surface area contributed by atoms with Gasteiger partial charge in [0.25, 0.3) is 5.56 Å². The molecule has 0 saturated heterocycles. The Morgan fingerprint density at radius 3 is 2.62 bits per heavy atom. The predicted octanol–water partition coefficient (Wildman–Crippen LogP) is 4.54. The van der Waals surface area contributed by atoms with Crippen LogP contribution in [0.2, 0.25) is 5.02 Å². The first-order valence-electron chi connectivity index (χ1n) is 10.5. The van der Waals surface area contributed by atoms with Crippen LogP contribution in [0.3, 0.4) is 0 Å². The SMILES string of the molecule is C=CCc1cc(C=Nn2c(=O)[nH]c3ccccc3c2=O)cc(OC)c1OCc1ccc(Cl)cc1. The van der Waals surface area contributed by atoms with E-state index in [1.807, 2.05) is 18.2 Å². The number of hydrogen-bond acceptors (Lipinski definition) is 5. The fourth-order valence-corrected chi connectivity index (χ4v) is 3.63. The van der Waals surface area contributed by atoms with Crippen molar-refractivity contribution in [1.82, 2.24) is 9.66 Å². The summed E-state index contributed by atoms with van der Waals surface area (Å²) in [5.41, 5.74) is 1.74. The molecule has 1 heterocycles. The molecule has 3 aromatic carbocycles. The molecule has 0 aliphatic carbocycles. The first kappa shape index (κ1) is 23.1. The number of aromatic amines is 1. The minimum Gasteiger partial charge on any atom is -0.493 e. The van der Waals surface area contributed by atoms with Crippen LogP contribution < -0.4 is 20.7 Å². The van der Waals surface area contributed by atoms with E-state index in [1.165, 1.54) is 6.21 Å². The lowest BCUT2D eigenvalue weighted by Crippen LogP contribution is -2.32. The summed E-state index contributed by atoms with van der Waals surface area (Å²) in [7, 11) is 1.54. The van der Waals surface area contributed by atoms with Crippen LogP contribution in [0.15, 0.2) is 88.0 Å². The Morgan fingerprint density at radius 2 is 1.88 bits per heavy atom. The number of fused-ring (bicyclic) bond motifs is 1. The second-order valence-corrected chi connectivity index (χ2v) is 7.89. The maximum absolute atomic E-state index is 12.7. The number of halogens is 1. The smallest absolute Gasteiger partial charge is 0.349 e. The van der Waals surface area contributed by atoms with Crippen molar-refractivity contribution in [2.45, 2.75) is 13.0 Å². The fraction of sp³-hybridized carbons (Fsp3) is 0.115. The predicted molar refractivity (Wildman–Crippen MR) is 134 cm³/mol. The third-order valence-electron chi connectivity index (χ3n) is 5.14. The molecule has 7 nitrogen and oxygen atoms in total. The van der Waals surface area contributed by atoms with E-state index in [-0.39, 0.29) is 0 Å². The quantitative estimate of drug-likeness (QED) is 0.299. The first-order valence-corrected chi connectivity index (χ1v) is 10.9. The lowest BCUT2D eigenvalue weighted by Gasteiger charge is -2.16. The van der Waals surface area contributed by atoms with E-state index in [1.54, 1.807) is 55.7 Å². The molecule has 1 N–H and O–H groups in total. The number of methoxy groups -OCH3 is 1. The van der Waals surface area contributed by atoms with E-state index in [4.69, 9.17) is 21.1 Å². The van der Waals surface area contributed by atoms with Gasteiger partial charge in [-0.3, -0.25) is 4.79 Å². The van der Waals surface area contributed by atoms with Gasteiger partial charge in [0.15, 0.2) is 11.5 Å². The van der Waals surface area contributed by atoms with E-state index < -0.39 is 11.2 Å². The summed E-state index contributed by atoms with van der Waals surface area (Å²) in [5, 5.41) is 5.16. The van der Waals surface area contributed by atoms with E-state index in [0.717, 1.165) is 15.8 Å².